The average molecular weight is 495 g/mol. The molecule has 0 saturated carbocycles. The molecular formula is C23H23ClN8O3. The van der Waals surface area contributed by atoms with Gasteiger partial charge in [-0.1, -0.05) is 23.7 Å². The van der Waals surface area contributed by atoms with Gasteiger partial charge in [0.2, 0.25) is 5.95 Å². The van der Waals surface area contributed by atoms with Gasteiger partial charge < -0.3 is 15.1 Å². The fraction of sp³-hybridized carbons (Fsp3) is 0.304. The number of aromatic nitrogens is 4. The quantitative estimate of drug-likeness (QED) is 0.338. The lowest BCUT2D eigenvalue weighted by molar-refractivity contribution is -0.384. The molecule has 0 spiro atoms. The third kappa shape index (κ3) is 4.18. The molecule has 2 aromatic heterocycles. The minimum absolute atomic E-state index is 0.0674. The molecule has 1 N–H and O–H groups in total. The van der Waals surface area contributed by atoms with Gasteiger partial charge >= 0.3 is 6.03 Å². The zero-order chi connectivity index (χ0) is 24.5. The normalized spacial score (nSPS) is 14.3. The summed E-state index contributed by atoms with van der Waals surface area (Å²) in [4.78, 5) is 32.5. The monoisotopic (exact) mass is 494 g/mol. The molecule has 180 valence electrons. The zero-order valence-electron chi connectivity index (χ0n) is 19.0. The Balaban J connectivity index is 1.68. The number of hydrogen-bond donors (Lipinski definition) is 1. The molecule has 11 nitrogen and oxygen atoms in total. The number of para-hydroxylation sites is 1. The second kappa shape index (κ2) is 9.34. The molecular weight excluding hydrogens is 472 g/mol. The van der Waals surface area contributed by atoms with Gasteiger partial charge in [0, 0.05) is 49.2 Å². The smallest absolute Gasteiger partial charge is 0.317 e. The van der Waals surface area contributed by atoms with Crippen LogP contribution in [-0.2, 0) is 0 Å². The minimum atomic E-state index is -0.430. The first kappa shape index (κ1) is 22.8. The van der Waals surface area contributed by atoms with E-state index in [4.69, 9.17) is 16.6 Å². The number of urea groups is 1. The van der Waals surface area contributed by atoms with E-state index < -0.39 is 4.92 Å². The van der Waals surface area contributed by atoms with Gasteiger partial charge in [-0.25, -0.2) is 14.2 Å². The molecule has 1 aliphatic heterocycles. The van der Waals surface area contributed by atoms with Crippen LogP contribution < -0.4 is 10.2 Å². The summed E-state index contributed by atoms with van der Waals surface area (Å²) in [7, 11) is 0. The summed E-state index contributed by atoms with van der Waals surface area (Å²) in [5.41, 5.74) is 1.45. The van der Waals surface area contributed by atoms with Gasteiger partial charge in [0.1, 0.15) is 0 Å². The Labute approximate surface area is 205 Å². The van der Waals surface area contributed by atoms with E-state index in [9.17, 15) is 14.9 Å². The predicted octanol–water partition coefficient (Wildman–Crippen LogP) is 3.75. The van der Waals surface area contributed by atoms with Crippen LogP contribution in [0.5, 0.6) is 0 Å². The highest BCUT2D eigenvalue weighted by molar-refractivity contribution is 6.31. The van der Waals surface area contributed by atoms with Crippen LogP contribution in [0.1, 0.15) is 13.3 Å². The van der Waals surface area contributed by atoms with Crippen LogP contribution in [0.25, 0.3) is 27.9 Å². The number of nitrogens with one attached hydrogen (secondary N) is 1. The summed E-state index contributed by atoms with van der Waals surface area (Å²) in [6, 6.07) is 11.7. The number of anilines is 1. The molecule has 1 aliphatic rings. The molecule has 1 fully saturated rings. The van der Waals surface area contributed by atoms with Crippen molar-refractivity contribution < 1.29 is 9.72 Å². The van der Waals surface area contributed by atoms with Crippen LogP contribution in [0.4, 0.5) is 16.4 Å². The van der Waals surface area contributed by atoms with E-state index in [0.29, 0.717) is 66.2 Å². The lowest BCUT2D eigenvalue weighted by Crippen LogP contribution is -2.42. The minimum Gasteiger partial charge on any atom is -0.340 e. The molecule has 0 atom stereocenters. The van der Waals surface area contributed by atoms with E-state index in [1.807, 2.05) is 13.0 Å². The predicted molar refractivity (Wildman–Crippen MR) is 133 cm³/mol. The number of nitro groups is 1. The number of amides is 2. The van der Waals surface area contributed by atoms with Crippen LogP contribution in [0.3, 0.4) is 0 Å². The van der Waals surface area contributed by atoms with Crippen molar-refractivity contribution >= 4 is 45.8 Å². The van der Waals surface area contributed by atoms with Crippen molar-refractivity contribution in [2.75, 3.05) is 37.6 Å². The van der Waals surface area contributed by atoms with Crippen LogP contribution in [0, 0.1) is 10.1 Å². The Morgan fingerprint density at radius 3 is 2.77 bits per heavy atom. The Morgan fingerprint density at radius 2 is 1.97 bits per heavy atom. The van der Waals surface area contributed by atoms with Gasteiger partial charge in [0.05, 0.1) is 16.0 Å². The van der Waals surface area contributed by atoms with E-state index in [2.05, 4.69) is 20.4 Å². The van der Waals surface area contributed by atoms with Gasteiger partial charge in [-0.2, -0.15) is 0 Å². The zero-order valence-corrected chi connectivity index (χ0v) is 19.8. The van der Waals surface area contributed by atoms with Crippen molar-refractivity contribution in [2.24, 2.45) is 0 Å². The van der Waals surface area contributed by atoms with Crippen LogP contribution in [0.2, 0.25) is 5.02 Å². The molecule has 0 aliphatic carbocycles. The summed E-state index contributed by atoms with van der Waals surface area (Å²) < 4.78 is 1.76. The van der Waals surface area contributed by atoms with Gasteiger partial charge in [-0.3, -0.25) is 10.1 Å². The second-order valence-electron chi connectivity index (χ2n) is 8.19. The van der Waals surface area contributed by atoms with Crippen molar-refractivity contribution in [2.45, 2.75) is 13.3 Å². The second-order valence-corrected chi connectivity index (χ2v) is 8.63. The highest BCUT2D eigenvalue weighted by Crippen LogP contribution is 2.33. The molecule has 0 radical (unpaired) electrons. The molecule has 1 saturated heterocycles. The van der Waals surface area contributed by atoms with Crippen molar-refractivity contribution in [3.63, 3.8) is 0 Å². The van der Waals surface area contributed by atoms with Crippen LogP contribution >= 0.6 is 11.6 Å². The summed E-state index contributed by atoms with van der Waals surface area (Å²) >= 11 is 6.25. The van der Waals surface area contributed by atoms with Gasteiger partial charge in [0.25, 0.3) is 5.69 Å². The molecule has 0 bridgehead atoms. The van der Waals surface area contributed by atoms with Gasteiger partial charge in [-0.05, 0) is 37.6 Å². The molecule has 2 amide bonds. The number of carbonyl (C=O) groups excluding carboxylic acids is 1. The Hall–Kier alpha value is -3.99. The Kier molecular flexibility index (Phi) is 6.08. The number of hydrogen-bond acceptors (Lipinski definition) is 7. The van der Waals surface area contributed by atoms with E-state index in [1.54, 1.807) is 39.6 Å². The summed E-state index contributed by atoms with van der Waals surface area (Å²) in [5, 5.41) is 24.6. The van der Waals surface area contributed by atoms with Crippen molar-refractivity contribution in [1.82, 2.24) is 29.8 Å². The Bertz CT molecular complexity index is 1440. The van der Waals surface area contributed by atoms with Crippen molar-refractivity contribution in [3.8, 4) is 11.4 Å². The largest absolute Gasteiger partial charge is 0.340 e. The maximum atomic E-state index is 12.4. The van der Waals surface area contributed by atoms with Crippen molar-refractivity contribution in [1.29, 1.82) is 0 Å². The van der Waals surface area contributed by atoms with E-state index in [0.717, 1.165) is 11.8 Å². The lowest BCUT2D eigenvalue weighted by atomic mass is 10.1. The molecule has 0 unspecified atom stereocenters. The Morgan fingerprint density at radius 1 is 1.14 bits per heavy atom. The van der Waals surface area contributed by atoms with Crippen LogP contribution in [0.15, 0.2) is 42.5 Å². The molecule has 35 heavy (non-hydrogen) atoms. The SMILES string of the molecule is CCNC(=O)N1CCCN(c2nc3cc(Cl)ccc3c3nnc(-c4ccccc4[N+](=O)[O-])n23)CC1. The molecule has 3 heterocycles. The number of nitrogens with zero attached hydrogens (tertiary/aromatic N) is 7. The maximum absolute atomic E-state index is 12.4. The average Bonchev–Trinajstić information content (AvgIpc) is 3.14. The fourth-order valence-electron chi connectivity index (χ4n) is 4.38. The first-order valence-electron chi connectivity index (χ1n) is 11.3. The standard InChI is InChI=1S/C23H23ClN8O3/c1-2-25-23(33)30-11-5-10-29(12-13-30)22-26-18-14-15(24)8-9-16(18)20-27-28-21(31(20)22)17-6-3-4-7-19(17)32(34)35/h3-4,6-9,14H,2,5,10-13H2,1H3,(H,25,33). The molecule has 4 aromatic rings. The first-order valence-corrected chi connectivity index (χ1v) is 11.7. The number of benzene rings is 2. The maximum Gasteiger partial charge on any atom is 0.317 e. The third-order valence-electron chi connectivity index (χ3n) is 6.02. The van der Waals surface area contributed by atoms with Gasteiger partial charge in [-0.15, -0.1) is 10.2 Å². The number of fused-ring (bicyclic) bond motifs is 3. The summed E-state index contributed by atoms with van der Waals surface area (Å²) in [5.74, 6) is 0.877. The topological polar surface area (TPSA) is 122 Å². The number of nitro benzene ring substituents is 1. The first-order chi connectivity index (χ1) is 17.0. The number of rotatable bonds is 4. The molecule has 5 rings (SSSR count). The fourth-order valence-corrected chi connectivity index (χ4v) is 4.55. The highest BCUT2D eigenvalue weighted by atomic mass is 35.5. The van der Waals surface area contributed by atoms with Crippen molar-refractivity contribution in [3.05, 3.63) is 57.6 Å². The van der Waals surface area contributed by atoms with E-state index in [-0.39, 0.29) is 11.7 Å². The van der Waals surface area contributed by atoms with E-state index in [1.165, 1.54) is 6.07 Å². The van der Waals surface area contributed by atoms with Gasteiger partial charge in [0.15, 0.2) is 11.5 Å². The van der Waals surface area contributed by atoms with E-state index >= 15 is 0 Å². The molecule has 2 aromatic carbocycles. The van der Waals surface area contributed by atoms with Crippen LogP contribution in [-0.4, -0.2) is 68.2 Å². The number of carbonyl (C=O) groups is 1. The highest BCUT2D eigenvalue weighted by Gasteiger charge is 2.26. The third-order valence-corrected chi connectivity index (χ3v) is 6.25. The summed E-state index contributed by atoms with van der Waals surface area (Å²) in [6.45, 7) is 4.74. The molecule has 12 heteroatoms. The summed E-state index contributed by atoms with van der Waals surface area (Å²) in [6.07, 6.45) is 0.733. The number of halogens is 1. The lowest BCUT2D eigenvalue weighted by Gasteiger charge is -2.24.